The van der Waals surface area contributed by atoms with Gasteiger partial charge in [-0.25, -0.2) is 0 Å². The first kappa shape index (κ1) is 34.2. The Bertz CT molecular complexity index is 1690. The number of benzene rings is 3. The Morgan fingerprint density at radius 2 is 1.39 bits per heavy atom. The summed E-state index contributed by atoms with van der Waals surface area (Å²) >= 11 is 0. The molecule has 2 nitrogen and oxygen atoms in total. The molecule has 0 saturated heterocycles. The van der Waals surface area contributed by atoms with Gasteiger partial charge in [-0.3, -0.25) is 4.98 Å². The molecule has 1 saturated carbocycles. The van der Waals surface area contributed by atoms with Crippen LogP contribution in [0.5, 0.6) is 0 Å². The fraction of sp³-hybridized carbons (Fsp3) is 0.333. The Morgan fingerprint density at radius 1 is 0.739 bits per heavy atom. The molecule has 239 valence electrons. The maximum absolute atomic E-state index is 5.00. The molecule has 2 aromatic heterocycles. The van der Waals surface area contributed by atoms with Gasteiger partial charge in [0, 0.05) is 26.3 Å². The van der Waals surface area contributed by atoms with E-state index >= 15 is 0 Å². The van der Waals surface area contributed by atoms with Gasteiger partial charge in [0.1, 0.15) is 0 Å². The summed E-state index contributed by atoms with van der Waals surface area (Å²) in [6.45, 7) is 9.74. The predicted octanol–water partition coefficient (Wildman–Crippen LogP) is 10.5. The second-order valence-electron chi connectivity index (χ2n) is 13.9. The van der Waals surface area contributed by atoms with Gasteiger partial charge in [-0.2, -0.15) is 0 Å². The zero-order valence-corrected chi connectivity index (χ0v) is 31.2. The van der Waals surface area contributed by atoms with Crippen molar-refractivity contribution in [1.29, 1.82) is 0 Å². The minimum Gasteiger partial charge on any atom is -0.305 e. The molecule has 0 N–H and O–H groups in total. The SMILES string of the molecule is CC(c1cc(-c2[c-]cccc2)ncc1[Si](C)(C)C)C1CCCC1.[Ir].[c-]1ccccc1-c1nc(-c2ccccc2)cc2c1CCCC2. The van der Waals surface area contributed by atoms with Crippen molar-refractivity contribution in [3.05, 3.63) is 126 Å². The summed E-state index contributed by atoms with van der Waals surface area (Å²) in [6.07, 6.45) is 12.6. The molecule has 46 heavy (non-hydrogen) atoms. The molecule has 4 heteroatoms. The first-order valence-electron chi connectivity index (χ1n) is 16.9. The first-order chi connectivity index (χ1) is 21.9. The van der Waals surface area contributed by atoms with E-state index in [2.05, 4.69) is 106 Å². The summed E-state index contributed by atoms with van der Waals surface area (Å²) in [5.41, 5.74) is 11.1. The van der Waals surface area contributed by atoms with E-state index in [9.17, 15) is 0 Å². The first-order valence-corrected chi connectivity index (χ1v) is 20.4. The third-order valence-electron chi connectivity index (χ3n) is 9.70. The summed E-state index contributed by atoms with van der Waals surface area (Å²) in [4.78, 5) is 9.78. The smallest absolute Gasteiger partial charge is 0.0799 e. The molecule has 3 aromatic carbocycles. The zero-order valence-electron chi connectivity index (χ0n) is 27.8. The monoisotopic (exact) mass is 799 g/mol. The molecule has 7 rings (SSSR count). The van der Waals surface area contributed by atoms with Crippen molar-refractivity contribution in [1.82, 2.24) is 9.97 Å². The van der Waals surface area contributed by atoms with E-state index in [-0.39, 0.29) is 20.1 Å². The van der Waals surface area contributed by atoms with Gasteiger partial charge in [-0.15, -0.1) is 71.8 Å². The molecule has 1 fully saturated rings. The number of rotatable bonds is 6. The molecular formula is C42H46IrN2Si-2. The van der Waals surface area contributed by atoms with E-state index in [1.807, 2.05) is 30.3 Å². The van der Waals surface area contributed by atoms with E-state index in [1.54, 1.807) is 5.56 Å². The molecule has 0 spiro atoms. The number of hydrogen-bond acceptors (Lipinski definition) is 2. The topological polar surface area (TPSA) is 25.8 Å². The second kappa shape index (κ2) is 15.6. The largest absolute Gasteiger partial charge is 0.305 e. The molecule has 1 atom stereocenters. The third-order valence-corrected chi connectivity index (χ3v) is 11.7. The van der Waals surface area contributed by atoms with Gasteiger partial charge in [0.15, 0.2) is 0 Å². The maximum Gasteiger partial charge on any atom is 0.0799 e. The fourth-order valence-corrected chi connectivity index (χ4v) is 8.77. The van der Waals surface area contributed by atoms with Crippen molar-refractivity contribution in [2.24, 2.45) is 5.92 Å². The van der Waals surface area contributed by atoms with Crippen molar-refractivity contribution in [3.63, 3.8) is 0 Å². The summed E-state index contributed by atoms with van der Waals surface area (Å²) < 4.78 is 0. The molecule has 2 aliphatic carbocycles. The van der Waals surface area contributed by atoms with Gasteiger partial charge < -0.3 is 4.98 Å². The molecule has 1 radical (unpaired) electrons. The van der Waals surface area contributed by atoms with Crippen molar-refractivity contribution in [2.45, 2.75) is 83.8 Å². The van der Waals surface area contributed by atoms with Crippen molar-refractivity contribution >= 4 is 13.3 Å². The van der Waals surface area contributed by atoms with Crippen molar-refractivity contribution in [3.8, 4) is 33.8 Å². The van der Waals surface area contributed by atoms with Gasteiger partial charge in [-0.1, -0.05) is 86.9 Å². The summed E-state index contributed by atoms with van der Waals surface area (Å²) in [5.74, 6) is 1.49. The van der Waals surface area contributed by atoms with Gasteiger partial charge in [0.25, 0.3) is 0 Å². The fourth-order valence-electron chi connectivity index (χ4n) is 7.15. The Hall–Kier alpha value is -3.17. The number of aryl methyl sites for hydroxylation is 1. The van der Waals surface area contributed by atoms with Crippen LogP contribution in [-0.2, 0) is 32.9 Å². The van der Waals surface area contributed by atoms with Crippen LogP contribution in [0.15, 0.2) is 97.2 Å². The van der Waals surface area contributed by atoms with Crippen molar-refractivity contribution < 1.29 is 20.1 Å². The van der Waals surface area contributed by atoms with Crippen LogP contribution in [0.2, 0.25) is 19.6 Å². The average Bonchev–Trinajstić information content (AvgIpc) is 3.64. The van der Waals surface area contributed by atoms with E-state index in [4.69, 9.17) is 9.97 Å². The van der Waals surface area contributed by atoms with E-state index in [1.165, 1.54) is 60.4 Å². The number of pyridine rings is 2. The van der Waals surface area contributed by atoms with Crippen LogP contribution >= 0.6 is 0 Å². The molecule has 0 aliphatic heterocycles. The minimum atomic E-state index is -1.39. The van der Waals surface area contributed by atoms with Crippen LogP contribution in [0.25, 0.3) is 33.8 Å². The summed E-state index contributed by atoms with van der Waals surface area (Å²) in [5, 5.41) is 1.54. The van der Waals surface area contributed by atoms with Crippen LogP contribution in [0, 0.1) is 18.1 Å². The van der Waals surface area contributed by atoms with Gasteiger partial charge in [0.2, 0.25) is 0 Å². The van der Waals surface area contributed by atoms with Gasteiger partial charge >= 0.3 is 0 Å². The van der Waals surface area contributed by atoms with Crippen LogP contribution in [-0.4, -0.2) is 18.0 Å². The Morgan fingerprint density at radius 3 is 2.04 bits per heavy atom. The minimum absolute atomic E-state index is 0. The number of hydrogen-bond donors (Lipinski definition) is 0. The normalized spacial score (nSPS) is 15.2. The van der Waals surface area contributed by atoms with E-state index in [0.717, 1.165) is 47.0 Å². The average molecular weight is 799 g/mol. The van der Waals surface area contributed by atoms with Crippen LogP contribution < -0.4 is 5.19 Å². The standard InChI is InChI=1S/C21H28NSi.C21H18N.Ir/c1-16(17-10-8-9-11-17)19-14-20(18-12-6-5-7-13-18)22-15-21(19)23(2,3)4;1-3-9-16(10-4-1)20-15-18-13-7-8-14-19(18)21(22-20)17-11-5-2-6-12-17;/h5-7,12,14-17H,8-11H2,1-4H3;1-6,9-11,15H,7-8,13-14H2;/q2*-1;. The quantitative estimate of drug-likeness (QED) is 0.126. The Kier molecular flexibility index (Phi) is 11.6. The number of aromatic nitrogens is 2. The van der Waals surface area contributed by atoms with E-state index in [0.29, 0.717) is 5.92 Å². The third kappa shape index (κ3) is 8.03. The van der Waals surface area contributed by atoms with Crippen molar-refractivity contribution in [2.75, 3.05) is 0 Å². The number of fused-ring (bicyclic) bond motifs is 1. The number of nitrogens with zero attached hydrogens (tertiary/aromatic N) is 2. The van der Waals surface area contributed by atoms with E-state index < -0.39 is 8.07 Å². The molecule has 1 unspecified atom stereocenters. The molecule has 0 bridgehead atoms. The summed E-state index contributed by atoms with van der Waals surface area (Å²) in [7, 11) is -1.39. The Balaban J connectivity index is 0.000000177. The molecule has 5 aromatic rings. The van der Waals surface area contributed by atoms with Gasteiger partial charge in [-0.05, 0) is 84.1 Å². The molecular weight excluding hydrogens is 753 g/mol. The predicted molar refractivity (Wildman–Crippen MR) is 192 cm³/mol. The summed E-state index contributed by atoms with van der Waals surface area (Å²) in [6, 6.07) is 38.1. The zero-order chi connectivity index (χ0) is 31.2. The van der Waals surface area contributed by atoms with Crippen LogP contribution in [0.4, 0.5) is 0 Å². The second-order valence-corrected chi connectivity index (χ2v) is 18.9. The molecule has 2 aliphatic rings. The Labute approximate surface area is 291 Å². The maximum atomic E-state index is 5.00. The van der Waals surface area contributed by atoms with Gasteiger partial charge in [0.05, 0.1) is 13.8 Å². The van der Waals surface area contributed by atoms with Crippen LogP contribution in [0.3, 0.4) is 0 Å². The molecule has 0 amide bonds. The van der Waals surface area contributed by atoms with Crippen LogP contribution in [0.1, 0.15) is 68.1 Å². The molecule has 2 heterocycles.